The molecular formula is C15H18F2N2O. The maximum atomic E-state index is 13.7. The summed E-state index contributed by atoms with van der Waals surface area (Å²) < 4.78 is 32.8. The third kappa shape index (κ3) is 3.53. The molecule has 20 heavy (non-hydrogen) atoms. The molecule has 1 aliphatic rings. The van der Waals surface area contributed by atoms with Crippen LogP contribution >= 0.6 is 0 Å². The van der Waals surface area contributed by atoms with Gasteiger partial charge in [0.1, 0.15) is 11.6 Å². The molecule has 5 heteroatoms. The van der Waals surface area contributed by atoms with Crippen LogP contribution in [0.2, 0.25) is 0 Å². The fraction of sp³-hybridized carbons (Fsp3) is 0.533. The highest BCUT2D eigenvalue weighted by atomic mass is 19.1. The zero-order valence-corrected chi connectivity index (χ0v) is 11.5. The zero-order chi connectivity index (χ0) is 14.5. The van der Waals surface area contributed by atoms with Gasteiger partial charge < -0.3 is 10.1 Å². The van der Waals surface area contributed by atoms with Crippen molar-refractivity contribution in [3.63, 3.8) is 0 Å². The van der Waals surface area contributed by atoms with Gasteiger partial charge in [0.05, 0.1) is 11.6 Å². The molecule has 108 valence electrons. The third-order valence-electron chi connectivity index (χ3n) is 3.84. The predicted molar refractivity (Wildman–Crippen MR) is 70.9 cm³/mol. The molecule has 0 amide bonds. The van der Waals surface area contributed by atoms with Crippen molar-refractivity contribution < 1.29 is 13.5 Å². The van der Waals surface area contributed by atoms with Crippen molar-refractivity contribution in [2.24, 2.45) is 5.92 Å². The average Bonchev–Trinajstić information content (AvgIpc) is 2.46. The Balaban J connectivity index is 1.98. The molecule has 0 aliphatic carbocycles. The van der Waals surface area contributed by atoms with Crippen molar-refractivity contribution in [3.05, 3.63) is 34.9 Å². The number of hydrogen-bond acceptors (Lipinski definition) is 3. The van der Waals surface area contributed by atoms with E-state index in [0.717, 1.165) is 38.2 Å². The molecule has 1 heterocycles. The van der Waals surface area contributed by atoms with Gasteiger partial charge in [-0.05, 0) is 37.8 Å². The minimum atomic E-state index is -0.673. The summed E-state index contributed by atoms with van der Waals surface area (Å²) in [5.41, 5.74) is -0.0101. The lowest BCUT2D eigenvalue weighted by atomic mass is 9.93. The summed E-state index contributed by atoms with van der Waals surface area (Å²) >= 11 is 0. The Morgan fingerprint density at radius 3 is 2.50 bits per heavy atom. The van der Waals surface area contributed by atoms with Gasteiger partial charge in [0.15, 0.2) is 0 Å². The van der Waals surface area contributed by atoms with Crippen LogP contribution in [0, 0.1) is 28.9 Å². The van der Waals surface area contributed by atoms with Gasteiger partial charge in [-0.3, -0.25) is 0 Å². The van der Waals surface area contributed by atoms with E-state index in [0.29, 0.717) is 5.92 Å². The van der Waals surface area contributed by atoms with Crippen LogP contribution in [0.25, 0.3) is 0 Å². The van der Waals surface area contributed by atoms with Crippen molar-refractivity contribution in [3.8, 4) is 6.07 Å². The molecule has 1 fully saturated rings. The molecule has 1 aliphatic heterocycles. The van der Waals surface area contributed by atoms with Gasteiger partial charge in [-0.2, -0.15) is 5.26 Å². The maximum absolute atomic E-state index is 13.7. The van der Waals surface area contributed by atoms with Crippen LogP contribution in [0.1, 0.15) is 30.9 Å². The van der Waals surface area contributed by atoms with Crippen molar-refractivity contribution in [2.45, 2.75) is 32.4 Å². The van der Waals surface area contributed by atoms with E-state index in [2.05, 4.69) is 5.32 Å². The lowest BCUT2D eigenvalue weighted by molar-refractivity contribution is 0.0557. The molecule has 0 saturated carbocycles. The Morgan fingerprint density at radius 2 is 1.95 bits per heavy atom. The first kappa shape index (κ1) is 14.9. The lowest BCUT2D eigenvalue weighted by Crippen LogP contribution is -2.36. The van der Waals surface area contributed by atoms with Crippen LogP contribution in [0.3, 0.4) is 0 Å². The van der Waals surface area contributed by atoms with Crippen molar-refractivity contribution in [2.75, 3.05) is 13.2 Å². The van der Waals surface area contributed by atoms with Crippen LogP contribution < -0.4 is 5.32 Å². The van der Waals surface area contributed by atoms with E-state index in [1.165, 1.54) is 0 Å². The number of nitrogens with zero attached hydrogens (tertiary/aromatic N) is 1. The second kappa shape index (κ2) is 6.78. The van der Waals surface area contributed by atoms with Crippen LogP contribution in [-0.4, -0.2) is 19.3 Å². The molecule has 1 aromatic carbocycles. The summed E-state index contributed by atoms with van der Waals surface area (Å²) in [6, 6.07) is 4.05. The topological polar surface area (TPSA) is 45.0 Å². The molecule has 1 unspecified atom stereocenters. The lowest BCUT2D eigenvalue weighted by Gasteiger charge is -2.28. The minimum Gasteiger partial charge on any atom is -0.381 e. The summed E-state index contributed by atoms with van der Waals surface area (Å²) in [5.74, 6) is -0.880. The molecule has 1 aromatic rings. The summed E-state index contributed by atoms with van der Waals surface area (Å²) in [6.07, 6.45) is 1.93. The highest BCUT2D eigenvalue weighted by Crippen LogP contribution is 2.20. The fourth-order valence-electron chi connectivity index (χ4n) is 2.48. The van der Waals surface area contributed by atoms with Crippen molar-refractivity contribution >= 4 is 0 Å². The summed E-state index contributed by atoms with van der Waals surface area (Å²) in [7, 11) is 0. The SMILES string of the molecule is CC(NCc1c(F)cc(C#N)cc1F)C1CCOCC1. The number of benzene rings is 1. The summed E-state index contributed by atoms with van der Waals surface area (Å²) in [5, 5.41) is 11.8. The van der Waals surface area contributed by atoms with Gasteiger partial charge >= 0.3 is 0 Å². The highest BCUT2D eigenvalue weighted by molar-refractivity contribution is 5.34. The van der Waals surface area contributed by atoms with E-state index < -0.39 is 11.6 Å². The fourth-order valence-corrected chi connectivity index (χ4v) is 2.48. The molecule has 0 aromatic heterocycles. The van der Waals surface area contributed by atoms with Crippen molar-refractivity contribution in [1.29, 1.82) is 5.26 Å². The normalized spacial score (nSPS) is 17.7. The summed E-state index contributed by atoms with van der Waals surface area (Å²) in [6.45, 7) is 3.64. The van der Waals surface area contributed by atoms with E-state index >= 15 is 0 Å². The number of halogens is 2. The molecule has 1 atom stereocenters. The third-order valence-corrected chi connectivity index (χ3v) is 3.84. The predicted octanol–water partition coefficient (Wildman–Crippen LogP) is 2.74. The standard InChI is InChI=1S/C15H18F2N2O/c1-10(12-2-4-20-5-3-12)19-9-13-14(16)6-11(8-18)7-15(13)17/h6-7,10,12,19H,2-5,9H2,1H3. The largest absolute Gasteiger partial charge is 0.381 e. The van der Waals surface area contributed by atoms with Gasteiger partial charge in [-0.25, -0.2) is 8.78 Å². The van der Waals surface area contributed by atoms with E-state index in [-0.39, 0.29) is 23.7 Å². The first-order valence-electron chi connectivity index (χ1n) is 6.81. The Morgan fingerprint density at radius 1 is 1.35 bits per heavy atom. The maximum Gasteiger partial charge on any atom is 0.131 e. The minimum absolute atomic E-state index is 0.00114. The van der Waals surface area contributed by atoms with E-state index in [1.807, 2.05) is 6.92 Å². The highest BCUT2D eigenvalue weighted by Gasteiger charge is 2.21. The molecule has 0 radical (unpaired) electrons. The quantitative estimate of drug-likeness (QED) is 0.922. The van der Waals surface area contributed by atoms with Gasteiger partial charge in [-0.15, -0.1) is 0 Å². The monoisotopic (exact) mass is 280 g/mol. The smallest absolute Gasteiger partial charge is 0.131 e. The number of ether oxygens (including phenoxy) is 1. The Labute approximate surface area is 117 Å². The molecule has 1 saturated heterocycles. The first-order valence-corrected chi connectivity index (χ1v) is 6.81. The van der Waals surface area contributed by atoms with E-state index in [9.17, 15) is 8.78 Å². The molecule has 3 nitrogen and oxygen atoms in total. The van der Waals surface area contributed by atoms with Gasteiger partial charge in [0.25, 0.3) is 0 Å². The van der Waals surface area contributed by atoms with Crippen LogP contribution in [0.4, 0.5) is 8.78 Å². The second-order valence-corrected chi connectivity index (χ2v) is 5.15. The molecule has 2 rings (SSSR count). The zero-order valence-electron chi connectivity index (χ0n) is 11.5. The van der Waals surface area contributed by atoms with Gasteiger partial charge in [0.2, 0.25) is 0 Å². The second-order valence-electron chi connectivity index (χ2n) is 5.15. The number of hydrogen-bond donors (Lipinski definition) is 1. The molecular weight excluding hydrogens is 262 g/mol. The number of nitriles is 1. The number of nitrogens with one attached hydrogen (secondary N) is 1. The molecule has 0 spiro atoms. The Hall–Kier alpha value is -1.51. The Bertz CT molecular complexity index is 484. The molecule has 1 N–H and O–H groups in total. The van der Waals surface area contributed by atoms with Crippen molar-refractivity contribution in [1.82, 2.24) is 5.32 Å². The van der Waals surface area contributed by atoms with E-state index in [4.69, 9.17) is 10.00 Å². The number of rotatable bonds is 4. The average molecular weight is 280 g/mol. The van der Waals surface area contributed by atoms with Gasteiger partial charge in [-0.1, -0.05) is 0 Å². The first-order chi connectivity index (χ1) is 9.61. The molecule has 0 bridgehead atoms. The Kier molecular flexibility index (Phi) is 5.05. The van der Waals surface area contributed by atoms with E-state index in [1.54, 1.807) is 6.07 Å². The van der Waals surface area contributed by atoms with Crippen LogP contribution in [0.5, 0.6) is 0 Å². The van der Waals surface area contributed by atoms with Crippen LogP contribution in [-0.2, 0) is 11.3 Å². The van der Waals surface area contributed by atoms with Crippen LogP contribution in [0.15, 0.2) is 12.1 Å². The van der Waals surface area contributed by atoms with Gasteiger partial charge in [0, 0.05) is 31.4 Å². The summed E-state index contributed by atoms with van der Waals surface area (Å²) in [4.78, 5) is 0.